The van der Waals surface area contributed by atoms with Crippen LogP contribution in [0.25, 0.3) is 0 Å². The largest absolute Gasteiger partial charge is 0.369 e. The van der Waals surface area contributed by atoms with Gasteiger partial charge in [-0.25, -0.2) is 0 Å². The highest BCUT2D eigenvalue weighted by Crippen LogP contribution is 2.64. The van der Waals surface area contributed by atoms with Gasteiger partial charge in [0, 0.05) is 5.92 Å². The van der Waals surface area contributed by atoms with Crippen molar-refractivity contribution < 1.29 is 4.79 Å². The normalized spacial score (nSPS) is 46.3. The first kappa shape index (κ1) is 20.5. The molecule has 2 nitrogen and oxygen atoms in total. The minimum absolute atomic E-state index is 0. The van der Waals surface area contributed by atoms with E-state index in [4.69, 9.17) is 5.73 Å². The highest BCUT2D eigenvalue weighted by atomic mass is 127. The number of primary amides is 1. The fourth-order valence-corrected chi connectivity index (χ4v) is 7.30. The van der Waals surface area contributed by atoms with E-state index >= 15 is 0 Å². The molecule has 7 unspecified atom stereocenters. The molecule has 24 heavy (non-hydrogen) atoms. The lowest BCUT2D eigenvalue weighted by molar-refractivity contribution is -0.129. The minimum Gasteiger partial charge on any atom is -0.369 e. The fourth-order valence-electron chi connectivity index (χ4n) is 7.30. The predicted octanol–water partition coefficient (Wildman–Crippen LogP) is 5.82. The lowest BCUT2D eigenvalue weighted by atomic mass is 9.50. The molecule has 0 aromatic heterocycles. The van der Waals surface area contributed by atoms with Gasteiger partial charge in [0.2, 0.25) is 5.91 Å². The standard InChI is InChI=1S/C19H31NO.CH3I.CH4/c1-19-11-10-14-13-5-3-2-4-12(13)6-7-15(14)16(19)8-9-17(19)18(20)21;1-2;/h12-17H,2-11H2,1H3,(H2,20,21);1H3;1H4. The number of nitrogens with two attached hydrogens (primary N) is 1. The van der Waals surface area contributed by atoms with Crippen LogP contribution in [0, 0.1) is 40.9 Å². The first-order chi connectivity index (χ1) is 11.1. The summed E-state index contributed by atoms with van der Waals surface area (Å²) in [6.45, 7) is 2.39. The zero-order valence-electron chi connectivity index (χ0n) is 14.9. The van der Waals surface area contributed by atoms with Crippen LogP contribution in [0.1, 0.15) is 78.6 Å². The summed E-state index contributed by atoms with van der Waals surface area (Å²) in [5.41, 5.74) is 5.96. The van der Waals surface area contributed by atoms with Crippen LogP contribution in [0.15, 0.2) is 0 Å². The summed E-state index contributed by atoms with van der Waals surface area (Å²) in [5.74, 6) is 4.88. The van der Waals surface area contributed by atoms with Gasteiger partial charge in [0.15, 0.2) is 0 Å². The average Bonchev–Trinajstić information content (AvgIpc) is 2.94. The van der Waals surface area contributed by atoms with Gasteiger partial charge in [0.25, 0.3) is 0 Å². The Morgan fingerprint density at radius 2 is 1.62 bits per heavy atom. The lowest BCUT2D eigenvalue weighted by Crippen LogP contribution is -2.49. The third-order valence-electron chi connectivity index (χ3n) is 8.22. The number of carbonyl (C=O) groups is 1. The van der Waals surface area contributed by atoms with E-state index in [-0.39, 0.29) is 24.7 Å². The molecule has 4 aliphatic rings. The first-order valence-corrected chi connectivity index (χ1v) is 11.9. The molecule has 0 bridgehead atoms. The number of alkyl halides is 1. The molecule has 4 saturated carbocycles. The monoisotopic (exact) mass is 447 g/mol. The SMILES string of the molecule is C.CC12CCC3C4CCCCC4CCC3C1CCC2C(N)=O.CI. The van der Waals surface area contributed by atoms with Gasteiger partial charge < -0.3 is 5.73 Å². The Morgan fingerprint density at radius 1 is 0.917 bits per heavy atom. The van der Waals surface area contributed by atoms with Crippen LogP contribution in [-0.4, -0.2) is 10.8 Å². The number of carbonyl (C=O) groups excluding carboxylic acids is 1. The number of rotatable bonds is 1. The van der Waals surface area contributed by atoms with E-state index in [9.17, 15) is 4.79 Å². The molecule has 1 amide bonds. The van der Waals surface area contributed by atoms with E-state index in [2.05, 4.69) is 29.5 Å². The Balaban J connectivity index is 0.000000670. The van der Waals surface area contributed by atoms with Crippen LogP contribution in [0.3, 0.4) is 0 Å². The Bertz CT molecular complexity index is 440. The molecule has 0 radical (unpaired) electrons. The Hall–Kier alpha value is 0.200. The van der Waals surface area contributed by atoms with Crippen molar-refractivity contribution in [3.05, 3.63) is 0 Å². The molecule has 4 aliphatic carbocycles. The molecule has 4 fully saturated rings. The second-order valence-corrected chi connectivity index (χ2v) is 8.80. The van der Waals surface area contributed by atoms with Crippen molar-refractivity contribution in [2.75, 3.05) is 4.93 Å². The highest BCUT2D eigenvalue weighted by Gasteiger charge is 2.57. The highest BCUT2D eigenvalue weighted by molar-refractivity contribution is 14.1. The molecule has 0 aromatic carbocycles. The summed E-state index contributed by atoms with van der Waals surface area (Å²) in [7, 11) is 0. The van der Waals surface area contributed by atoms with E-state index in [0.29, 0.717) is 0 Å². The van der Waals surface area contributed by atoms with Crippen molar-refractivity contribution >= 4 is 28.5 Å². The maximum atomic E-state index is 11.9. The van der Waals surface area contributed by atoms with Crippen LogP contribution in [-0.2, 0) is 4.79 Å². The second-order valence-electron chi connectivity index (χ2n) is 8.80. The van der Waals surface area contributed by atoms with Crippen molar-refractivity contribution in [3.63, 3.8) is 0 Å². The molecule has 0 aliphatic heterocycles. The van der Waals surface area contributed by atoms with Gasteiger partial charge in [-0.3, -0.25) is 4.79 Å². The molecule has 0 heterocycles. The Labute approximate surface area is 163 Å². The third kappa shape index (κ3) is 3.27. The summed E-state index contributed by atoms with van der Waals surface area (Å²) in [4.78, 5) is 13.8. The minimum atomic E-state index is -0.0233. The van der Waals surface area contributed by atoms with E-state index < -0.39 is 0 Å². The summed E-state index contributed by atoms with van der Waals surface area (Å²) < 4.78 is 0. The second kappa shape index (κ2) is 8.26. The van der Waals surface area contributed by atoms with E-state index in [1.54, 1.807) is 0 Å². The Morgan fingerprint density at radius 3 is 2.33 bits per heavy atom. The summed E-state index contributed by atoms with van der Waals surface area (Å²) >= 11 is 2.15. The molecule has 3 heteroatoms. The van der Waals surface area contributed by atoms with Gasteiger partial charge in [-0.1, -0.05) is 56.2 Å². The van der Waals surface area contributed by atoms with E-state index in [1.165, 1.54) is 57.8 Å². The average molecular weight is 447 g/mol. The van der Waals surface area contributed by atoms with E-state index in [0.717, 1.165) is 36.0 Å². The zero-order valence-corrected chi connectivity index (χ0v) is 17.1. The number of amides is 1. The van der Waals surface area contributed by atoms with Crippen molar-refractivity contribution in [3.8, 4) is 0 Å². The molecule has 140 valence electrons. The van der Waals surface area contributed by atoms with Crippen LogP contribution in [0.4, 0.5) is 0 Å². The summed E-state index contributed by atoms with van der Waals surface area (Å²) in [6, 6.07) is 0. The quantitative estimate of drug-likeness (QED) is 0.400. The molecular weight excluding hydrogens is 409 g/mol. The van der Waals surface area contributed by atoms with Gasteiger partial charge >= 0.3 is 0 Å². The molecule has 7 atom stereocenters. The van der Waals surface area contributed by atoms with Gasteiger partial charge in [0.1, 0.15) is 0 Å². The van der Waals surface area contributed by atoms with Crippen molar-refractivity contribution in [2.45, 2.75) is 78.6 Å². The number of hydrogen-bond acceptors (Lipinski definition) is 1. The van der Waals surface area contributed by atoms with Crippen molar-refractivity contribution in [1.29, 1.82) is 0 Å². The van der Waals surface area contributed by atoms with Gasteiger partial charge in [-0.05, 0) is 84.9 Å². The number of fused-ring (bicyclic) bond motifs is 5. The maximum Gasteiger partial charge on any atom is 0.221 e. The van der Waals surface area contributed by atoms with Crippen molar-refractivity contribution in [1.82, 2.24) is 0 Å². The Kier molecular flexibility index (Phi) is 7.06. The molecule has 0 spiro atoms. The van der Waals surface area contributed by atoms with Crippen LogP contribution < -0.4 is 5.73 Å². The smallest absolute Gasteiger partial charge is 0.221 e. The van der Waals surface area contributed by atoms with Crippen LogP contribution in [0.2, 0.25) is 0 Å². The number of hydrogen-bond donors (Lipinski definition) is 1. The van der Waals surface area contributed by atoms with Crippen LogP contribution in [0.5, 0.6) is 0 Å². The summed E-state index contributed by atoms with van der Waals surface area (Å²) in [5, 5.41) is 0. The van der Waals surface area contributed by atoms with Gasteiger partial charge in [-0.2, -0.15) is 0 Å². The predicted molar refractivity (Wildman–Crippen MR) is 111 cm³/mol. The number of halogens is 1. The fraction of sp³-hybridized carbons (Fsp3) is 0.952. The molecule has 2 N–H and O–H groups in total. The first-order valence-electron chi connectivity index (χ1n) is 9.78. The third-order valence-corrected chi connectivity index (χ3v) is 8.22. The van der Waals surface area contributed by atoms with Gasteiger partial charge in [-0.15, -0.1) is 0 Å². The van der Waals surface area contributed by atoms with Gasteiger partial charge in [0.05, 0.1) is 0 Å². The van der Waals surface area contributed by atoms with Crippen LogP contribution >= 0.6 is 22.6 Å². The molecule has 0 aromatic rings. The molecule has 4 rings (SSSR count). The molecular formula is C21H38INO. The van der Waals surface area contributed by atoms with Crippen molar-refractivity contribution in [2.24, 2.45) is 46.7 Å². The lowest BCUT2D eigenvalue weighted by Gasteiger charge is -2.55. The zero-order chi connectivity index (χ0) is 16.6. The molecule has 0 saturated heterocycles. The van der Waals surface area contributed by atoms with E-state index in [1.807, 2.05) is 4.93 Å². The topological polar surface area (TPSA) is 43.1 Å². The summed E-state index contributed by atoms with van der Waals surface area (Å²) in [6.07, 6.45) is 13.8. The maximum absolute atomic E-state index is 11.9.